The average molecular weight is 146 g/mol. The lowest BCUT2D eigenvalue weighted by molar-refractivity contribution is -0.0385. The monoisotopic (exact) mass is 146 g/mol. The highest BCUT2D eigenvalue weighted by Crippen LogP contribution is 2.11. The van der Waals surface area contributed by atoms with E-state index in [9.17, 15) is 5.11 Å². The zero-order chi connectivity index (χ0) is 8.15. The van der Waals surface area contributed by atoms with Crippen LogP contribution in [0.2, 0.25) is 0 Å². The van der Waals surface area contributed by atoms with E-state index in [0.717, 1.165) is 6.42 Å². The van der Waals surface area contributed by atoms with Gasteiger partial charge in [0.2, 0.25) is 0 Å². The minimum atomic E-state index is -0.315. The molecule has 0 unspecified atom stereocenters. The maximum Gasteiger partial charge on any atom is 0.0852 e. The Bertz CT molecular complexity index is 81.3. The van der Waals surface area contributed by atoms with Crippen molar-refractivity contribution in [3.05, 3.63) is 0 Å². The van der Waals surface area contributed by atoms with Crippen molar-refractivity contribution < 1.29 is 9.84 Å². The third-order valence-electron chi connectivity index (χ3n) is 1.73. The first kappa shape index (κ1) is 9.92. The fraction of sp³-hybridized carbons (Fsp3) is 1.00. The molecule has 0 aliphatic carbocycles. The predicted octanol–water partition coefficient (Wildman–Crippen LogP) is 1.43. The molecule has 0 saturated carbocycles. The van der Waals surface area contributed by atoms with E-state index < -0.39 is 0 Å². The summed E-state index contributed by atoms with van der Waals surface area (Å²) in [5.74, 6) is 0.389. The third-order valence-corrected chi connectivity index (χ3v) is 1.73. The van der Waals surface area contributed by atoms with E-state index in [1.807, 2.05) is 20.8 Å². The first-order valence-corrected chi connectivity index (χ1v) is 3.84. The van der Waals surface area contributed by atoms with Crippen LogP contribution in [0.5, 0.6) is 0 Å². The Morgan fingerprint density at radius 2 is 1.90 bits per heavy atom. The normalized spacial score (nSPS) is 17.4. The first-order chi connectivity index (χ1) is 4.63. The molecule has 0 heterocycles. The van der Waals surface area contributed by atoms with Gasteiger partial charge in [-0.2, -0.15) is 0 Å². The topological polar surface area (TPSA) is 29.5 Å². The number of ether oxygens (including phenoxy) is 1. The van der Waals surface area contributed by atoms with Gasteiger partial charge in [0.05, 0.1) is 12.2 Å². The maximum absolute atomic E-state index is 9.36. The van der Waals surface area contributed by atoms with Crippen molar-refractivity contribution >= 4 is 0 Å². The van der Waals surface area contributed by atoms with E-state index in [4.69, 9.17) is 4.74 Å². The van der Waals surface area contributed by atoms with E-state index in [1.54, 1.807) is 7.11 Å². The van der Waals surface area contributed by atoms with Crippen molar-refractivity contribution in [1.82, 2.24) is 0 Å². The van der Waals surface area contributed by atoms with Gasteiger partial charge in [-0.05, 0) is 12.3 Å². The summed E-state index contributed by atoms with van der Waals surface area (Å²) >= 11 is 0. The minimum Gasteiger partial charge on any atom is -0.390 e. The second-order valence-corrected chi connectivity index (χ2v) is 2.92. The molecule has 0 aromatic heterocycles. The maximum atomic E-state index is 9.36. The van der Waals surface area contributed by atoms with Gasteiger partial charge in [-0.25, -0.2) is 0 Å². The number of aliphatic hydroxyl groups is 1. The molecule has 1 N–H and O–H groups in total. The van der Waals surface area contributed by atoms with Crippen LogP contribution in [0.25, 0.3) is 0 Å². The lowest BCUT2D eigenvalue weighted by Crippen LogP contribution is -2.32. The third kappa shape index (κ3) is 2.67. The molecule has 2 nitrogen and oxygen atoms in total. The molecule has 0 aromatic carbocycles. The van der Waals surface area contributed by atoms with E-state index in [0.29, 0.717) is 5.92 Å². The van der Waals surface area contributed by atoms with Crippen LogP contribution in [0.15, 0.2) is 0 Å². The molecule has 0 rings (SSSR count). The summed E-state index contributed by atoms with van der Waals surface area (Å²) in [5, 5.41) is 9.36. The largest absolute Gasteiger partial charge is 0.390 e. The summed E-state index contributed by atoms with van der Waals surface area (Å²) in [6.07, 6.45) is 0.437. The minimum absolute atomic E-state index is 0.00926. The van der Waals surface area contributed by atoms with Gasteiger partial charge in [0.1, 0.15) is 0 Å². The number of methoxy groups -OCH3 is 1. The molecule has 0 aliphatic rings. The van der Waals surface area contributed by atoms with Crippen molar-refractivity contribution in [1.29, 1.82) is 0 Å². The van der Waals surface area contributed by atoms with Crippen molar-refractivity contribution in [2.75, 3.05) is 7.11 Å². The molecule has 2 heteroatoms. The SMILES string of the molecule is CC[C@H](O)[C@H](OC)C(C)C. The summed E-state index contributed by atoms with van der Waals surface area (Å²) in [6, 6.07) is 0. The van der Waals surface area contributed by atoms with Crippen molar-refractivity contribution in [3.8, 4) is 0 Å². The smallest absolute Gasteiger partial charge is 0.0852 e. The van der Waals surface area contributed by atoms with E-state index in [1.165, 1.54) is 0 Å². The standard InChI is InChI=1S/C8H18O2/c1-5-7(9)8(10-4)6(2)3/h6-9H,5H2,1-4H3/t7-,8+/m0/s1. The number of hydrogen-bond donors (Lipinski definition) is 1. The Morgan fingerprint density at radius 1 is 1.40 bits per heavy atom. The Labute approximate surface area is 63.2 Å². The fourth-order valence-corrected chi connectivity index (χ4v) is 1.11. The van der Waals surface area contributed by atoms with Crippen LogP contribution >= 0.6 is 0 Å². The molecule has 2 atom stereocenters. The van der Waals surface area contributed by atoms with Gasteiger partial charge in [0.15, 0.2) is 0 Å². The van der Waals surface area contributed by atoms with E-state index >= 15 is 0 Å². The number of rotatable bonds is 4. The number of aliphatic hydroxyl groups excluding tert-OH is 1. The molecule has 0 amide bonds. The van der Waals surface area contributed by atoms with Gasteiger partial charge in [-0.15, -0.1) is 0 Å². The van der Waals surface area contributed by atoms with Crippen LogP contribution in [0.4, 0.5) is 0 Å². The van der Waals surface area contributed by atoms with E-state index in [-0.39, 0.29) is 12.2 Å². The molecular weight excluding hydrogens is 128 g/mol. The van der Waals surface area contributed by atoms with Crippen molar-refractivity contribution in [3.63, 3.8) is 0 Å². The van der Waals surface area contributed by atoms with Crippen LogP contribution in [-0.4, -0.2) is 24.4 Å². The van der Waals surface area contributed by atoms with Crippen LogP contribution in [-0.2, 0) is 4.74 Å². The summed E-state index contributed by atoms with van der Waals surface area (Å²) in [4.78, 5) is 0. The fourth-order valence-electron chi connectivity index (χ4n) is 1.11. The Morgan fingerprint density at radius 3 is 2.00 bits per heavy atom. The Balaban J connectivity index is 3.80. The number of hydrogen-bond acceptors (Lipinski definition) is 2. The molecule has 0 fully saturated rings. The highest BCUT2D eigenvalue weighted by molar-refractivity contribution is 4.69. The van der Waals surface area contributed by atoms with Gasteiger partial charge in [-0.3, -0.25) is 0 Å². The molecule has 0 spiro atoms. The van der Waals surface area contributed by atoms with Gasteiger partial charge >= 0.3 is 0 Å². The second kappa shape index (κ2) is 4.69. The van der Waals surface area contributed by atoms with Crippen molar-refractivity contribution in [2.24, 2.45) is 5.92 Å². The summed E-state index contributed by atoms with van der Waals surface area (Å²) < 4.78 is 5.11. The molecule has 0 saturated heterocycles. The first-order valence-electron chi connectivity index (χ1n) is 3.84. The van der Waals surface area contributed by atoms with Gasteiger partial charge in [0, 0.05) is 7.11 Å². The van der Waals surface area contributed by atoms with Crippen LogP contribution in [0.1, 0.15) is 27.2 Å². The van der Waals surface area contributed by atoms with Gasteiger partial charge < -0.3 is 9.84 Å². The lowest BCUT2D eigenvalue weighted by atomic mass is 10.0. The van der Waals surface area contributed by atoms with Crippen LogP contribution in [0, 0.1) is 5.92 Å². The molecule has 10 heavy (non-hydrogen) atoms. The molecular formula is C8H18O2. The quantitative estimate of drug-likeness (QED) is 0.650. The van der Waals surface area contributed by atoms with Crippen molar-refractivity contribution in [2.45, 2.75) is 39.4 Å². The predicted molar refractivity (Wildman–Crippen MR) is 41.9 cm³/mol. The summed E-state index contributed by atoms with van der Waals surface area (Å²) in [7, 11) is 1.64. The molecule has 62 valence electrons. The molecule has 0 aromatic rings. The molecule has 0 aliphatic heterocycles. The van der Waals surface area contributed by atoms with Crippen LogP contribution in [0.3, 0.4) is 0 Å². The average Bonchev–Trinajstić information content (AvgIpc) is 1.88. The Kier molecular flexibility index (Phi) is 4.65. The highest BCUT2D eigenvalue weighted by Gasteiger charge is 2.19. The lowest BCUT2D eigenvalue weighted by Gasteiger charge is -2.23. The van der Waals surface area contributed by atoms with Crippen LogP contribution < -0.4 is 0 Å². The summed E-state index contributed by atoms with van der Waals surface area (Å²) in [6.45, 7) is 6.05. The molecule has 0 bridgehead atoms. The van der Waals surface area contributed by atoms with Gasteiger partial charge in [-0.1, -0.05) is 20.8 Å². The second-order valence-electron chi connectivity index (χ2n) is 2.92. The molecule has 0 radical (unpaired) electrons. The summed E-state index contributed by atoms with van der Waals surface area (Å²) in [5.41, 5.74) is 0. The highest BCUT2D eigenvalue weighted by atomic mass is 16.5. The zero-order valence-corrected chi connectivity index (χ0v) is 7.29. The van der Waals surface area contributed by atoms with E-state index in [2.05, 4.69) is 0 Å². The van der Waals surface area contributed by atoms with Gasteiger partial charge in [0.25, 0.3) is 0 Å². The zero-order valence-electron chi connectivity index (χ0n) is 7.29. The Hall–Kier alpha value is -0.0800.